The average molecular weight is 367 g/mol. The molecule has 2 aromatic carbocycles. The third-order valence-corrected chi connectivity index (χ3v) is 4.98. The van der Waals surface area contributed by atoms with Gasteiger partial charge < -0.3 is 20.1 Å². The number of likely N-dealkylation sites (tertiary alicyclic amines) is 1. The molecule has 0 spiro atoms. The molecule has 1 atom stereocenters. The van der Waals surface area contributed by atoms with Crippen LogP contribution in [0.5, 0.6) is 5.75 Å². The van der Waals surface area contributed by atoms with Gasteiger partial charge >= 0.3 is 0 Å². The number of anilines is 1. The van der Waals surface area contributed by atoms with Crippen LogP contribution in [0, 0.1) is 0 Å². The molecular weight excluding hydrogens is 338 g/mol. The van der Waals surface area contributed by atoms with Crippen LogP contribution in [0.4, 0.5) is 5.69 Å². The molecule has 0 aliphatic carbocycles. The highest BCUT2D eigenvalue weighted by Crippen LogP contribution is 2.30. The predicted molar refractivity (Wildman–Crippen MR) is 111 cm³/mol. The van der Waals surface area contributed by atoms with Crippen molar-refractivity contribution >= 4 is 11.6 Å². The lowest BCUT2D eigenvalue weighted by molar-refractivity contribution is 0.206. The highest BCUT2D eigenvalue weighted by atomic mass is 16.5. The third kappa shape index (κ3) is 5.01. The van der Waals surface area contributed by atoms with Gasteiger partial charge in [0.2, 0.25) is 0 Å². The fourth-order valence-electron chi connectivity index (χ4n) is 3.42. The molecule has 2 N–H and O–H groups in total. The number of nitrogens with one attached hydrogen (secondary N) is 1. The van der Waals surface area contributed by atoms with Crippen LogP contribution in [0.25, 0.3) is 11.1 Å². The van der Waals surface area contributed by atoms with Crippen molar-refractivity contribution in [3.63, 3.8) is 0 Å². The fraction of sp³-hybridized carbons (Fsp3) is 0.409. The number of hydrogen-bond donors (Lipinski definition) is 2. The predicted octanol–water partition coefficient (Wildman–Crippen LogP) is 4.35. The summed E-state index contributed by atoms with van der Waals surface area (Å²) in [5, 5.41) is 13.8. The van der Waals surface area contributed by atoms with Crippen LogP contribution in [0.2, 0.25) is 0 Å². The van der Waals surface area contributed by atoms with Gasteiger partial charge in [-0.15, -0.1) is 0 Å². The van der Waals surface area contributed by atoms with Crippen molar-refractivity contribution < 1.29 is 9.84 Å². The topological polar surface area (TPSA) is 57.1 Å². The number of rotatable bonds is 5. The molecule has 1 aliphatic rings. The monoisotopic (exact) mass is 367 g/mol. The number of phenolic OH excluding ortho intramolecular Hbond substituents is 1. The number of hydrogen-bond acceptors (Lipinski definition) is 3. The largest absolute Gasteiger partial charge is 0.506 e. The van der Waals surface area contributed by atoms with E-state index in [2.05, 4.69) is 29.3 Å². The molecule has 1 unspecified atom stereocenters. The van der Waals surface area contributed by atoms with E-state index < -0.39 is 0 Å². The van der Waals surface area contributed by atoms with E-state index in [0.717, 1.165) is 36.5 Å². The number of ether oxygens (including phenoxy) is 1. The van der Waals surface area contributed by atoms with E-state index in [1.165, 1.54) is 6.42 Å². The molecule has 0 aromatic heterocycles. The summed E-state index contributed by atoms with van der Waals surface area (Å²) in [6.07, 6.45) is 3.56. The molecule has 1 aliphatic heterocycles. The van der Waals surface area contributed by atoms with Crippen molar-refractivity contribution in [2.45, 2.75) is 32.2 Å². The second-order valence-corrected chi connectivity index (χ2v) is 6.96. The Hall–Kier alpha value is -2.53. The molecule has 1 heterocycles. The fourth-order valence-corrected chi connectivity index (χ4v) is 3.42. The number of guanidine groups is 1. The van der Waals surface area contributed by atoms with E-state index in [1.54, 1.807) is 13.2 Å². The molecule has 3 rings (SSSR count). The number of piperidine rings is 1. The molecular formula is C22H29N3O2. The maximum absolute atomic E-state index is 10.4. The Morgan fingerprint density at radius 3 is 2.74 bits per heavy atom. The first-order chi connectivity index (χ1) is 13.2. The van der Waals surface area contributed by atoms with E-state index in [9.17, 15) is 5.11 Å². The van der Waals surface area contributed by atoms with Crippen LogP contribution in [0.15, 0.2) is 53.5 Å². The Kier molecular flexibility index (Phi) is 6.71. The Labute approximate surface area is 161 Å². The molecule has 0 amide bonds. The highest BCUT2D eigenvalue weighted by molar-refractivity contribution is 5.96. The molecule has 1 fully saturated rings. The third-order valence-electron chi connectivity index (χ3n) is 4.98. The first-order valence-electron chi connectivity index (χ1n) is 9.64. The molecule has 0 saturated carbocycles. The first kappa shape index (κ1) is 19.2. The van der Waals surface area contributed by atoms with Crippen molar-refractivity contribution in [3.05, 3.63) is 48.5 Å². The molecule has 1 saturated heterocycles. The van der Waals surface area contributed by atoms with Crippen molar-refractivity contribution in [3.8, 4) is 16.9 Å². The van der Waals surface area contributed by atoms with Gasteiger partial charge in [0.15, 0.2) is 5.96 Å². The quantitative estimate of drug-likeness (QED) is 0.357. The van der Waals surface area contributed by atoms with Crippen LogP contribution < -0.4 is 5.32 Å². The second-order valence-electron chi connectivity index (χ2n) is 6.96. The average Bonchev–Trinajstić information content (AvgIpc) is 2.70. The summed E-state index contributed by atoms with van der Waals surface area (Å²) in [7, 11) is 1.68. The summed E-state index contributed by atoms with van der Waals surface area (Å²) in [5.74, 6) is 1.03. The van der Waals surface area contributed by atoms with Gasteiger partial charge in [0.05, 0.1) is 18.8 Å². The molecule has 0 bridgehead atoms. The lowest BCUT2D eigenvalue weighted by Crippen LogP contribution is -2.45. The van der Waals surface area contributed by atoms with Gasteiger partial charge in [-0.3, -0.25) is 4.99 Å². The van der Waals surface area contributed by atoms with Crippen molar-refractivity contribution in [2.24, 2.45) is 4.99 Å². The Balaban J connectivity index is 1.87. The van der Waals surface area contributed by atoms with Crippen LogP contribution in [0.3, 0.4) is 0 Å². The molecule has 2 aromatic rings. The Morgan fingerprint density at radius 1 is 1.19 bits per heavy atom. The number of nitrogens with zero attached hydrogens (tertiary/aromatic N) is 2. The summed E-state index contributed by atoms with van der Waals surface area (Å²) in [5.41, 5.74) is 2.84. The first-order valence-corrected chi connectivity index (χ1v) is 9.64. The molecule has 27 heavy (non-hydrogen) atoms. The van der Waals surface area contributed by atoms with Gasteiger partial charge in [-0.25, -0.2) is 0 Å². The normalized spacial score (nSPS) is 17.8. The van der Waals surface area contributed by atoms with E-state index >= 15 is 0 Å². The van der Waals surface area contributed by atoms with Crippen molar-refractivity contribution in [1.29, 1.82) is 0 Å². The minimum Gasteiger partial charge on any atom is -0.506 e. The summed E-state index contributed by atoms with van der Waals surface area (Å²) in [6, 6.07) is 16.2. The maximum atomic E-state index is 10.4. The Bertz CT molecular complexity index is 761. The van der Waals surface area contributed by atoms with Gasteiger partial charge in [-0.1, -0.05) is 36.4 Å². The van der Waals surface area contributed by atoms with Crippen molar-refractivity contribution in [2.75, 3.05) is 32.1 Å². The lowest BCUT2D eigenvalue weighted by atomic mass is 10.0. The molecule has 144 valence electrons. The standard InChI is InChI=1S/C22H29N3O2/c1-17-8-6-7-14-25(17)22(23-13-15-27-2)24-20-16-19(11-12-21(20)26)18-9-4-3-5-10-18/h3-5,9-12,16-17,26H,6-8,13-15H2,1-2H3,(H,23,24). The smallest absolute Gasteiger partial charge is 0.198 e. The van der Waals surface area contributed by atoms with Gasteiger partial charge in [-0.05, 0) is 49.4 Å². The summed E-state index contributed by atoms with van der Waals surface area (Å²) in [4.78, 5) is 7.02. The zero-order valence-corrected chi connectivity index (χ0v) is 16.2. The van der Waals surface area contributed by atoms with E-state index in [0.29, 0.717) is 24.9 Å². The number of benzene rings is 2. The van der Waals surface area contributed by atoms with E-state index in [4.69, 9.17) is 9.73 Å². The van der Waals surface area contributed by atoms with Crippen LogP contribution in [0.1, 0.15) is 26.2 Å². The SMILES string of the molecule is COCCN=C(Nc1cc(-c2ccccc2)ccc1O)N1CCCCC1C. The summed E-state index contributed by atoms with van der Waals surface area (Å²) >= 11 is 0. The van der Waals surface area contributed by atoms with E-state index in [1.807, 2.05) is 30.3 Å². The number of aromatic hydroxyl groups is 1. The minimum absolute atomic E-state index is 0.221. The maximum Gasteiger partial charge on any atom is 0.198 e. The second kappa shape index (κ2) is 9.42. The van der Waals surface area contributed by atoms with Gasteiger partial charge in [0.1, 0.15) is 5.75 Å². The summed E-state index contributed by atoms with van der Waals surface area (Å²) < 4.78 is 5.15. The van der Waals surface area contributed by atoms with Gasteiger partial charge in [-0.2, -0.15) is 0 Å². The van der Waals surface area contributed by atoms with E-state index in [-0.39, 0.29) is 5.75 Å². The highest BCUT2D eigenvalue weighted by Gasteiger charge is 2.22. The van der Waals surface area contributed by atoms with Crippen LogP contribution in [-0.4, -0.2) is 48.8 Å². The van der Waals surface area contributed by atoms with Gasteiger partial charge in [0.25, 0.3) is 0 Å². The zero-order valence-electron chi connectivity index (χ0n) is 16.2. The van der Waals surface area contributed by atoms with Crippen LogP contribution in [-0.2, 0) is 4.74 Å². The zero-order chi connectivity index (χ0) is 19.1. The van der Waals surface area contributed by atoms with Crippen LogP contribution >= 0.6 is 0 Å². The minimum atomic E-state index is 0.221. The number of phenols is 1. The summed E-state index contributed by atoms with van der Waals surface area (Å²) in [6.45, 7) is 4.36. The molecule has 5 nitrogen and oxygen atoms in total. The Morgan fingerprint density at radius 2 is 2.00 bits per heavy atom. The van der Waals surface area contributed by atoms with Gasteiger partial charge in [0, 0.05) is 19.7 Å². The van der Waals surface area contributed by atoms with Crippen molar-refractivity contribution in [1.82, 2.24) is 4.90 Å². The number of methoxy groups -OCH3 is 1. The molecule has 5 heteroatoms. The lowest BCUT2D eigenvalue weighted by Gasteiger charge is -2.36. The molecule has 0 radical (unpaired) electrons. The number of aliphatic imine (C=N–C) groups is 1.